The van der Waals surface area contributed by atoms with Crippen molar-refractivity contribution in [1.82, 2.24) is 10.6 Å². The monoisotopic (exact) mass is 269 g/mol. The highest BCUT2D eigenvalue weighted by Crippen LogP contribution is 2.38. The first-order valence-electron chi connectivity index (χ1n) is 6.63. The van der Waals surface area contributed by atoms with Crippen molar-refractivity contribution in [3.05, 3.63) is 0 Å². The Balaban J connectivity index is 2.36. The molecule has 0 heterocycles. The molecule has 102 valence electrons. The first kappa shape index (κ1) is 15.3. The fourth-order valence-electron chi connectivity index (χ4n) is 2.67. The molecular formula is C13H23N3OS. The van der Waals surface area contributed by atoms with Gasteiger partial charge in [0.05, 0.1) is 11.8 Å². The largest absolute Gasteiger partial charge is 0.358 e. The van der Waals surface area contributed by atoms with E-state index in [9.17, 15) is 10.1 Å². The van der Waals surface area contributed by atoms with E-state index in [0.29, 0.717) is 11.7 Å². The molecular weight excluding hydrogens is 246 g/mol. The van der Waals surface area contributed by atoms with Crippen molar-refractivity contribution in [2.45, 2.75) is 38.1 Å². The van der Waals surface area contributed by atoms with Crippen LogP contribution in [0, 0.1) is 17.2 Å². The number of nitriles is 1. The molecule has 2 N–H and O–H groups in total. The van der Waals surface area contributed by atoms with Gasteiger partial charge in [0, 0.05) is 7.05 Å². The molecule has 2 unspecified atom stereocenters. The number of nitrogens with zero attached hydrogens (tertiary/aromatic N) is 1. The number of thioether (sulfide) groups is 1. The number of rotatable bonds is 7. The molecule has 1 fully saturated rings. The van der Waals surface area contributed by atoms with E-state index in [1.807, 2.05) is 0 Å². The van der Waals surface area contributed by atoms with Crippen molar-refractivity contribution in [1.29, 1.82) is 5.26 Å². The van der Waals surface area contributed by atoms with Gasteiger partial charge in [-0.05, 0) is 37.5 Å². The van der Waals surface area contributed by atoms with E-state index in [2.05, 4.69) is 23.6 Å². The summed E-state index contributed by atoms with van der Waals surface area (Å²) in [6.07, 6.45) is 4.23. The number of carbonyl (C=O) groups excluding carboxylic acids is 1. The molecule has 0 radical (unpaired) electrons. The van der Waals surface area contributed by atoms with Crippen LogP contribution in [0.25, 0.3) is 0 Å². The van der Waals surface area contributed by atoms with Crippen LogP contribution in [0.4, 0.5) is 0 Å². The quantitative estimate of drug-likeness (QED) is 0.688. The van der Waals surface area contributed by atoms with Crippen molar-refractivity contribution in [2.24, 2.45) is 5.92 Å². The minimum atomic E-state index is -0.317. The second-order valence-corrected chi connectivity index (χ2v) is 5.82. The van der Waals surface area contributed by atoms with Crippen LogP contribution >= 0.6 is 11.8 Å². The third-order valence-corrected chi connectivity index (χ3v) is 4.63. The summed E-state index contributed by atoms with van der Waals surface area (Å²) in [6, 6.07) is 2.49. The molecule has 1 aliphatic carbocycles. The highest BCUT2D eigenvalue weighted by atomic mass is 32.2. The third-order valence-electron chi connectivity index (χ3n) is 3.64. The van der Waals surface area contributed by atoms with E-state index < -0.39 is 0 Å². The Labute approximate surface area is 114 Å². The minimum Gasteiger partial charge on any atom is -0.358 e. The Morgan fingerprint density at radius 2 is 2.39 bits per heavy atom. The number of amides is 1. The van der Waals surface area contributed by atoms with E-state index in [1.54, 1.807) is 18.8 Å². The average molecular weight is 269 g/mol. The van der Waals surface area contributed by atoms with Gasteiger partial charge < -0.3 is 5.32 Å². The van der Waals surface area contributed by atoms with Crippen LogP contribution in [-0.2, 0) is 4.79 Å². The molecule has 18 heavy (non-hydrogen) atoms. The van der Waals surface area contributed by atoms with Gasteiger partial charge in [-0.25, -0.2) is 0 Å². The first-order valence-corrected chi connectivity index (χ1v) is 7.78. The summed E-state index contributed by atoms with van der Waals surface area (Å²) in [7, 11) is 1.66. The number of carbonyl (C=O) groups is 1. The maximum Gasteiger partial charge on any atom is 0.229 e. The highest BCUT2D eigenvalue weighted by molar-refractivity contribution is 7.99. The van der Waals surface area contributed by atoms with E-state index in [4.69, 9.17) is 0 Å². The van der Waals surface area contributed by atoms with Crippen LogP contribution in [0.5, 0.6) is 0 Å². The van der Waals surface area contributed by atoms with Crippen LogP contribution in [0.15, 0.2) is 0 Å². The zero-order valence-corrected chi connectivity index (χ0v) is 12.1. The summed E-state index contributed by atoms with van der Waals surface area (Å²) >= 11 is 1.65. The third kappa shape index (κ3) is 3.89. The Bertz CT molecular complexity index is 316. The smallest absolute Gasteiger partial charge is 0.229 e. The lowest BCUT2D eigenvalue weighted by atomic mass is 9.86. The first-order chi connectivity index (χ1) is 8.68. The summed E-state index contributed by atoms with van der Waals surface area (Å²) in [4.78, 5) is 11.1. The van der Waals surface area contributed by atoms with Gasteiger partial charge in [-0.2, -0.15) is 17.0 Å². The molecule has 1 saturated carbocycles. The van der Waals surface area contributed by atoms with Crippen molar-refractivity contribution in [3.8, 4) is 6.07 Å². The molecule has 0 aromatic rings. The van der Waals surface area contributed by atoms with E-state index >= 15 is 0 Å². The van der Waals surface area contributed by atoms with Gasteiger partial charge in [0.2, 0.25) is 5.91 Å². The fourth-order valence-corrected chi connectivity index (χ4v) is 3.59. The Kier molecular flexibility index (Phi) is 6.51. The second-order valence-electron chi connectivity index (χ2n) is 4.72. The normalized spacial score (nSPS) is 26.8. The lowest BCUT2D eigenvalue weighted by Crippen LogP contribution is -2.47. The van der Waals surface area contributed by atoms with Gasteiger partial charge in [0.15, 0.2) is 0 Å². The van der Waals surface area contributed by atoms with Gasteiger partial charge in [-0.15, -0.1) is 0 Å². The average Bonchev–Trinajstić information content (AvgIpc) is 2.78. The molecule has 0 saturated heterocycles. The van der Waals surface area contributed by atoms with Crippen LogP contribution in [0.3, 0.4) is 0 Å². The lowest BCUT2D eigenvalue weighted by molar-refractivity contribution is -0.118. The Hall–Kier alpha value is -0.730. The molecule has 0 aromatic heterocycles. The molecule has 1 rings (SSSR count). The van der Waals surface area contributed by atoms with E-state index in [0.717, 1.165) is 38.0 Å². The van der Waals surface area contributed by atoms with Crippen LogP contribution in [0.1, 0.15) is 32.6 Å². The van der Waals surface area contributed by atoms with E-state index in [-0.39, 0.29) is 11.4 Å². The standard InChI is InChI=1S/C13H23N3OS/c1-3-16-13(10-14)7-4-5-11(13)6-8-18-9-12(17)15-2/h11,16H,3-9H2,1-2H3,(H,15,17). The maximum atomic E-state index is 11.1. The van der Waals surface area contributed by atoms with Gasteiger partial charge in [-0.1, -0.05) is 13.3 Å². The van der Waals surface area contributed by atoms with Crippen LogP contribution in [-0.4, -0.2) is 36.5 Å². The predicted octanol–water partition coefficient (Wildman–Crippen LogP) is 1.53. The van der Waals surface area contributed by atoms with Crippen molar-refractivity contribution in [3.63, 3.8) is 0 Å². The number of hydrogen-bond donors (Lipinski definition) is 2. The van der Waals surface area contributed by atoms with Gasteiger partial charge in [0.1, 0.15) is 5.54 Å². The molecule has 0 spiro atoms. The zero-order chi connectivity index (χ0) is 13.4. The summed E-state index contributed by atoms with van der Waals surface area (Å²) in [5.74, 6) is 1.97. The molecule has 5 heteroatoms. The lowest BCUT2D eigenvalue weighted by Gasteiger charge is -2.29. The second kappa shape index (κ2) is 7.65. The van der Waals surface area contributed by atoms with Crippen molar-refractivity contribution >= 4 is 17.7 Å². The molecule has 0 bridgehead atoms. The summed E-state index contributed by atoms with van der Waals surface area (Å²) < 4.78 is 0. The van der Waals surface area contributed by atoms with Gasteiger partial charge in [0.25, 0.3) is 0 Å². The van der Waals surface area contributed by atoms with Gasteiger partial charge >= 0.3 is 0 Å². The van der Waals surface area contributed by atoms with Gasteiger partial charge in [-0.3, -0.25) is 10.1 Å². The Morgan fingerprint density at radius 1 is 1.61 bits per heavy atom. The number of nitrogens with one attached hydrogen (secondary N) is 2. The maximum absolute atomic E-state index is 11.1. The zero-order valence-electron chi connectivity index (χ0n) is 11.3. The summed E-state index contributed by atoms with van der Waals surface area (Å²) in [5.41, 5.74) is -0.317. The summed E-state index contributed by atoms with van der Waals surface area (Å²) in [5, 5.41) is 15.4. The molecule has 0 aliphatic heterocycles. The van der Waals surface area contributed by atoms with Crippen molar-refractivity contribution < 1.29 is 4.79 Å². The predicted molar refractivity (Wildman–Crippen MR) is 75.4 cm³/mol. The summed E-state index contributed by atoms with van der Waals surface area (Å²) in [6.45, 7) is 2.89. The molecule has 4 nitrogen and oxygen atoms in total. The Morgan fingerprint density at radius 3 is 3.00 bits per heavy atom. The SMILES string of the molecule is CCNC1(C#N)CCCC1CCSCC(=O)NC. The molecule has 1 amide bonds. The molecule has 2 atom stereocenters. The number of hydrogen-bond acceptors (Lipinski definition) is 4. The minimum absolute atomic E-state index is 0.0738. The fraction of sp³-hybridized carbons (Fsp3) is 0.846. The molecule has 0 aromatic carbocycles. The van der Waals surface area contributed by atoms with Crippen LogP contribution in [0.2, 0.25) is 0 Å². The highest BCUT2D eigenvalue weighted by Gasteiger charge is 2.41. The van der Waals surface area contributed by atoms with Crippen LogP contribution < -0.4 is 10.6 Å². The topological polar surface area (TPSA) is 64.9 Å². The van der Waals surface area contributed by atoms with Crippen molar-refractivity contribution in [2.75, 3.05) is 25.1 Å². The van der Waals surface area contributed by atoms with E-state index in [1.165, 1.54) is 0 Å². The molecule has 1 aliphatic rings.